The topological polar surface area (TPSA) is 20.9 Å². The summed E-state index contributed by atoms with van der Waals surface area (Å²) in [6.45, 7) is 2.40. The summed E-state index contributed by atoms with van der Waals surface area (Å²) in [5.41, 5.74) is 4.07. The monoisotopic (exact) mass is 393 g/mol. The van der Waals surface area contributed by atoms with E-state index in [0.717, 1.165) is 22.4 Å². The number of nitrogens with zero attached hydrogens (tertiary/aromatic N) is 1. The molecule has 2 nitrogen and oxygen atoms in total. The van der Waals surface area contributed by atoms with E-state index in [1.54, 1.807) is 0 Å². The molecule has 0 radical (unpaired) electrons. The molecule has 0 bridgehead atoms. The van der Waals surface area contributed by atoms with Crippen molar-refractivity contribution < 1.29 is 26.3 Å². The fourth-order valence-corrected chi connectivity index (χ4v) is 2.66. The fraction of sp³-hybridized carbons (Fsp3) is 0.0909. The zero-order chi connectivity index (χ0) is 16.8. The molecule has 0 aliphatic carbocycles. The average Bonchev–Trinajstić information content (AvgIpc) is 2.63. The number of ketones is 1. The maximum Gasteiger partial charge on any atom is 0.227 e. The van der Waals surface area contributed by atoms with Gasteiger partial charge in [0, 0.05) is 23.3 Å². The quantitative estimate of drug-likeness (QED) is 0.473. The van der Waals surface area contributed by atoms with E-state index in [-0.39, 0.29) is 22.8 Å². The van der Waals surface area contributed by atoms with Crippen molar-refractivity contribution in [2.45, 2.75) is 13.5 Å². The highest BCUT2D eigenvalue weighted by Crippen LogP contribution is 2.09. The second kappa shape index (κ2) is 9.09. The first-order valence-corrected chi connectivity index (χ1v) is 8.04. The van der Waals surface area contributed by atoms with Crippen LogP contribution in [0.25, 0.3) is 12.2 Å². The van der Waals surface area contributed by atoms with Gasteiger partial charge in [-0.3, -0.25) is 4.79 Å². The predicted octanol–water partition coefficient (Wildman–Crippen LogP) is 1.34. The van der Waals surface area contributed by atoms with Gasteiger partial charge in [-0.25, -0.2) is 0 Å². The Morgan fingerprint density at radius 2 is 1.52 bits per heavy atom. The number of pyridine rings is 1. The molecule has 0 atom stereocenters. The molecule has 0 aliphatic rings. The molecule has 0 fully saturated rings. The van der Waals surface area contributed by atoms with E-state index in [0.29, 0.717) is 6.54 Å². The Balaban J connectivity index is 0.00000225. The standard InChI is InChI=1S/C22H20NO.BrH/c1-18-9-8-16-23(17-22(24)20-12-6-3-7-13-20)21(18)15-14-19-10-4-2-5-11-19;/h2-16H,17H2,1H3;1H/q+1;/p-1/b15-14+;. The van der Waals surface area contributed by atoms with E-state index in [4.69, 9.17) is 0 Å². The van der Waals surface area contributed by atoms with Crippen molar-refractivity contribution in [3.63, 3.8) is 0 Å². The van der Waals surface area contributed by atoms with Crippen LogP contribution in [0.4, 0.5) is 0 Å². The van der Waals surface area contributed by atoms with Gasteiger partial charge >= 0.3 is 0 Å². The largest absolute Gasteiger partial charge is 1.00 e. The Kier molecular flexibility index (Phi) is 6.84. The number of halogens is 1. The Hall–Kier alpha value is -2.52. The Morgan fingerprint density at radius 1 is 0.880 bits per heavy atom. The van der Waals surface area contributed by atoms with Crippen LogP contribution in [0.3, 0.4) is 0 Å². The van der Waals surface area contributed by atoms with Gasteiger partial charge < -0.3 is 17.0 Å². The van der Waals surface area contributed by atoms with Crippen LogP contribution < -0.4 is 21.5 Å². The number of aryl methyl sites for hydroxylation is 1. The summed E-state index contributed by atoms with van der Waals surface area (Å²) in [6.07, 6.45) is 6.10. The van der Waals surface area contributed by atoms with Crippen molar-refractivity contribution in [3.05, 3.63) is 101 Å². The molecular formula is C22H20BrNO. The lowest BCUT2D eigenvalue weighted by molar-refractivity contribution is -0.685. The predicted molar refractivity (Wildman–Crippen MR) is 97.5 cm³/mol. The maximum absolute atomic E-state index is 12.5. The summed E-state index contributed by atoms with van der Waals surface area (Å²) >= 11 is 0. The van der Waals surface area contributed by atoms with Crippen LogP contribution in [0, 0.1) is 6.92 Å². The van der Waals surface area contributed by atoms with Crippen molar-refractivity contribution in [3.8, 4) is 0 Å². The van der Waals surface area contributed by atoms with Crippen LogP contribution in [-0.2, 0) is 6.54 Å². The zero-order valence-corrected chi connectivity index (χ0v) is 15.7. The highest BCUT2D eigenvalue weighted by Gasteiger charge is 2.16. The second-order valence-electron chi connectivity index (χ2n) is 5.74. The summed E-state index contributed by atoms with van der Waals surface area (Å²) < 4.78 is 2.00. The van der Waals surface area contributed by atoms with E-state index < -0.39 is 0 Å². The van der Waals surface area contributed by atoms with Crippen LogP contribution in [0.15, 0.2) is 79.0 Å². The number of rotatable bonds is 5. The van der Waals surface area contributed by atoms with E-state index in [2.05, 4.69) is 37.3 Å². The lowest BCUT2D eigenvalue weighted by atomic mass is 10.1. The molecule has 25 heavy (non-hydrogen) atoms. The van der Waals surface area contributed by atoms with Gasteiger partial charge in [0.05, 0.1) is 0 Å². The van der Waals surface area contributed by atoms with Crippen molar-refractivity contribution in [1.29, 1.82) is 0 Å². The first-order chi connectivity index (χ1) is 11.7. The summed E-state index contributed by atoms with van der Waals surface area (Å²) in [6, 6.07) is 23.6. The van der Waals surface area contributed by atoms with Crippen molar-refractivity contribution in [1.82, 2.24) is 0 Å². The van der Waals surface area contributed by atoms with Gasteiger partial charge in [0.25, 0.3) is 0 Å². The third-order valence-corrected chi connectivity index (χ3v) is 3.97. The first-order valence-electron chi connectivity index (χ1n) is 8.04. The molecule has 3 heteroatoms. The minimum Gasteiger partial charge on any atom is -1.00 e. The number of hydrogen-bond donors (Lipinski definition) is 0. The molecule has 3 aromatic rings. The molecule has 126 valence electrons. The van der Waals surface area contributed by atoms with Crippen molar-refractivity contribution >= 4 is 17.9 Å². The molecule has 0 amide bonds. The molecule has 2 aromatic carbocycles. The third-order valence-electron chi connectivity index (χ3n) is 3.97. The third kappa shape index (κ3) is 4.97. The minimum atomic E-state index is 0. The SMILES string of the molecule is Cc1ccc[n+](CC(=O)c2ccccc2)c1/C=C/c1ccccc1.[Br-]. The number of benzene rings is 2. The minimum absolute atomic E-state index is 0. The summed E-state index contributed by atoms with van der Waals surface area (Å²) in [4.78, 5) is 12.5. The van der Waals surface area contributed by atoms with Crippen LogP contribution >= 0.6 is 0 Å². The smallest absolute Gasteiger partial charge is 0.227 e. The molecular weight excluding hydrogens is 374 g/mol. The lowest BCUT2D eigenvalue weighted by Gasteiger charge is -2.03. The summed E-state index contributed by atoms with van der Waals surface area (Å²) in [5.74, 6) is 0.112. The Labute approximate surface area is 159 Å². The van der Waals surface area contributed by atoms with E-state index >= 15 is 0 Å². The molecule has 1 heterocycles. The fourth-order valence-electron chi connectivity index (χ4n) is 2.66. The van der Waals surface area contributed by atoms with Crippen LogP contribution in [0.1, 0.15) is 27.2 Å². The summed E-state index contributed by atoms with van der Waals surface area (Å²) in [7, 11) is 0. The molecule has 1 aromatic heterocycles. The maximum atomic E-state index is 12.5. The highest BCUT2D eigenvalue weighted by molar-refractivity contribution is 5.95. The van der Waals surface area contributed by atoms with E-state index in [9.17, 15) is 4.79 Å². The van der Waals surface area contributed by atoms with Gasteiger partial charge in [0.2, 0.25) is 18.0 Å². The van der Waals surface area contributed by atoms with Gasteiger partial charge in [0.15, 0.2) is 6.20 Å². The molecule has 0 unspecified atom stereocenters. The van der Waals surface area contributed by atoms with Crippen molar-refractivity contribution in [2.24, 2.45) is 0 Å². The van der Waals surface area contributed by atoms with Gasteiger partial charge in [-0.1, -0.05) is 60.7 Å². The lowest BCUT2D eigenvalue weighted by Crippen LogP contribution is -3.00. The van der Waals surface area contributed by atoms with Crippen molar-refractivity contribution in [2.75, 3.05) is 0 Å². The van der Waals surface area contributed by atoms with E-state index in [1.807, 2.05) is 65.4 Å². The first kappa shape index (κ1) is 18.8. The molecule has 3 rings (SSSR count). The number of Topliss-reactive ketones (excluding diaryl/α,β-unsaturated/α-hetero) is 1. The molecule has 0 spiro atoms. The average molecular weight is 394 g/mol. The molecule has 0 saturated heterocycles. The van der Waals surface area contributed by atoms with Gasteiger partial charge in [0.1, 0.15) is 0 Å². The number of hydrogen-bond acceptors (Lipinski definition) is 1. The van der Waals surface area contributed by atoms with Gasteiger partial charge in [-0.2, -0.15) is 4.57 Å². The Bertz CT molecular complexity index is 858. The number of carbonyl (C=O) groups is 1. The van der Waals surface area contributed by atoms with Crippen LogP contribution in [0.2, 0.25) is 0 Å². The number of aromatic nitrogens is 1. The highest BCUT2D eigenvalue weighted by atomic mass is 79.9. The van der Waals surface area contributed by atoms with E-state index in [1.165, 1.54) is 0 Å². The molecule has 0 saturated carbocycles. The molecule has 0 N–H and O–H groups in total. The summed E-state index contributed by atoms with van der Waals surface area (Å²) in [5, 5.41) is 0. The second-order valence-corrected chi connectivity index (χ2v) is 5.74. The van der Waals surface area contributed by atoms with Crippen LogP contribution in [-0.4, -0.2) is 5.78 Å². The molecule has 0 aliphatic heterocycles. The number of carbonyl (C=O) groups excluding carboxylic acids is 1. The van der Waals surface area contributed by atoms with Gasteiger partial charge in [-0.15, -0.1) is 0 Å². The Morgan fingerprint density at radius 3 is 2.20 bits per heavy atom. The normalized spacial score (nSPS) is 10.4. The van der Waals surface area contributed by atoms with Crippen LogP contribution in [0.5, 0.6) is 0 Å². The zero-order valence-electron chi connectivity index (χ0n) is 14.1. The van der Waals surface area contributed by atoms with Gasteiger partial charge in [-0.05, 0) is 24.6 Å².